The molecule has 0 bridgehead atoms. The normalized spacial score (nSPS) is 9.27. The maximum Gasteiger partial charge on any atom is 0.372 e. The summed E-state index contributed by atoms with van der Waals surface area (Å²) in [6.45, 7) is 4.44. The van der Waals surface area contributed by atoms with Crippen molar-refractivity contribution >= 4 is 21.9 Å². The van der Waals surface area contributed by atoms with Gasteiger partial charge in [0.2, 0.25) is 6.54 Å². The summed E-state index contributed by atoms with van der Waals surface area (Å²) in [5.74, 6) is -0.210. The van der Waals surface area contributed by atoms with E-state index in [0.717, 1.165) is 10.2 Å². The summed E-state index contributed by atoms with van der Waals surface area (Å²) in [4.78, 5) is 11.2. The minimum atomic E-state index is -0.210. The fourth-order valence-electron chi connectivity index (χ4n) is 1.11. The van der Waals surface area contributed by atoms with Gasteiger partial charge >= 0.3 is 5.97 Å². The Morgan fingerprint density at radius 1 is 1.53 bits per heavy atom. The topological polar surface area (TPSA) is 30.2 Å². The van der Waals surface area contributed by atoms with Crippen LogP contribution < -0.4 is 21.5 Å². The first-order chi connectivity index (χ1) is 6.63. The molecular formula is C10H13Br2NO2. The van der Waals surface area contributed by atoms with Gasteiger partial charge in [-0.1, -0.05) is 0 Å². The summed E-state index contributed by atoms with van der Waals surface area (Å²) < 4.78 is 7.67. The van der Waals surface area contributed by atoms with E-state index in [9.17, 15) is 4.79 Å². The number of hydrogen-bond acceptors (Lipinski definition) is 2. The summed E-state index contributed by atoms with van der Waals surface area (Å²) in [7, 11) is 0. The fraction of sp³-hybridized carbons (Fsp3) is 0.400. The molecule has 0 atom stereocenters. The van der Waals surface area contributed by atoms with Crippen LogP contribution >= 0.6 is 15.9 Å². The minimum Gasteiger partial charge on any atom is -1.00 e. The number of nitrogens with zero attached hydrogens (tertiary/aromatic N) is 1. The number of hydrogen-bond donors (Lipinski definition) is 0. The van der Waals surface area contributed by atoms with Crippen LogP contribution in [0.2, 0.25) is 0 Å². The Balaban J connectivity index is 0.00000196. The molecular weight excluding hydrogens is 326 g/mol. The Morgan fingerprint density at radius 3 is 2.80 bits per heavy atom. The van der Waals surface area contributed by atoms with Gasteiger partial charge in [-0.15, -0.1) is 0 Å². The molecule has 0 aliphatic rings. The van der Waals surface area contributed by atoms with E-state index in [1.807, 2.05) is 29.8 Å². The third-order valence-corrected chi connectivity index (χ3v) is 2.29. The highest BCUT2D eigenvalue weighted by atomic mass is 79.9. The van der Waals surface area contributed by atoms with Crippen LogP contribution in [0, 0.1) is 6.92 Å². The van der Waals surface area contributed by atoms with E-state index in [4.69, 9.17) is 4.74 Å². The quantitative estimate of drug-likeness (QED) is 0.502. The Bertz CT molecular complexity index is 342. The first kappa shape index (κ1) is 14.6. The molecule has 0 N–H and O–H groups in total. The highest BCUT2D eigenvalue weighted by Crippen LogP contribution is 2.05. The van der Waals surface area contributed by atoms with Crippen LogP contribution in [0.15, 0.2) is 22.8 Å². The van der Waals surface area contributed by atoms with Crippen molar-refractivity contribution in [1.82, 2.24) is 0 Å². The molecule has 0 aliphatic heterocycles. The van der Waals surface area contributed by atoms with Gasteiger partial charge in [0.05, 0.1) is 11.1 Å². The Morgan fingerprint density at radius 2 is 2.20 bits per heavy atom. The van der Waals surface area contributed by atoms with Crippen LogP contribution in [0.4, 0.5) is 0 Å². The number of esters is 1. The lowest BCUT2D eigenvalue weighted by atomic mass is 10.3. The lowest BCUT2D eigenvalue weighted by molar-refractivity contribution is -0.692. The minimum absolute atomic E-state index is 0. The average molecular weight is 339 g/mol. The van der Waals surface area contributed by atoms with Gasteiger partial charge in [0.1, 0.15) is 0 Å². The van der Waals surface area contributed by atoms with E-state index in [1.54, 1.807) is 6.92 Å². The number of ether oxygens (including phenoxy) is 1. The summed E-state index contributed by atoms with van der Waals surface area (Å²) in [6.07, 6.45) is 1.87. The van der Waals surface area contributed by atoms with Crippen molar-refractivity contribution in [3.05, 3.63) is 28.5 Å². The van der Waals surface area contributed by atoms with Gasteiger partial charge in [-0.2, -0.15) is 4.57 Å². The molecule has 84 valence electrons. The third kappa shape index (κ3) is 4.75. The monoisotopic (exact) mass is 337 g/mol. The van der Waals surface area contributed by atoms with E-state index in [2.05, 4.69) is 15.9 Å². The van der Waals surface area contributed by atoms with Crippen LogP contribution in [0.3, 0.4) is 0 Å². The van der Waals surface area contributed by atoms with Crippen molar-refractivity contribution < 1.29 is 31.1 Å². The standard InChI is InChI=1S/C10H13BrNO2.BrH/c1-3-14-10(13)7-12-6-9(11)5-4-8(12)2;/h4-6H,3,7H2,1-2H3;1H/q+1;/p-1. The largest absolute Gasteiger partial charge is 1.00 e. The fourth-order valence-corrected chi connectivity index (χ4v) is 1.49. The molecule has 5 heteroatoms. The van der Waals surface area contributed by atoms with Gasteiger partial charge in [-0.3, -0.25) is 0 Å². The van der Waals surface area contributed by atoms with Crippen molar-refractivity contribution in [2.75, 3.05) is 6.61 Å². The predicted molar refractivity (Wildman–Crippen MR) is 55.7 cm³/mol. The zero-order valence-electron chi connectivity index (χ0n) is 8.67. The van der Waals surface area contributed by atoms with Crippen LogP contribution in [0.25, 0.3) is 0 Å². The third-order valence-electron chi connectivity index (χ3n) is 1.82. The number of carbonyl (C=O) groups excluding carboxylic acids is 1. The zero-order valence-corrected chi connectivity index (χ0v) is 11.8. The molecule has 0 fully saturated rings. The first-order valence-corrected chi connectivity index (χ1v) is 5.24. The molecule has 0 saturated heterocycles. The predicted octanol–water partition coefficient (Wildman–Crippen LogP) is -1.39. The lowest BCUT2D eigenvalue weighted by Crippen LogP contribution is -3.00. The molecule has 0 saturated carbocycles. The Hall–Kier alpha value is -0.420. The van der Waals surface area contributed by atoms with Crippen LogP contribution in [-0.4, -0.2) is 12.6 Å². The highest BCUT2D eigenvalue weighted by molar-refractivity contribution is 9.10. The van der Waals surface area contributed by atoms with E-state index < -0.39 is 0 Å². The van der Waals surface area contributed by atoms with Crippen molar-refractivity contribution in [3.8, 4) is 0 Å². The smallest absolute Gasteiger partial charge is 0.372 e. The van der Waals surface area contributed by atoms with Crippen LogP contribution in [0.1, 0.15) is 12.6 Å². The average Bonchev–Trinajstić information content (AvgIpc) is 2.12. The number of pyridine rings is 1. The number of rotatable bonds is 3. The summed E-state index contributed by atoms with van der Waals surface area (Å²) in [5.41, 5.74) is 1.03. The second-order valence-corrected chi connectivity index (χ2v) is 3.84. The number of aryl methyl sites for hydroxylation is 1. The van der Waals surface area contributed by atoms with Gasteiger partial charge in [0, 0.05) is 13.0 Å². The lowest BCUT2D eigenvalue weighted by Gasteiger charge is -2.00. The number of carbonyl (C=O) groups is 1. The molecule has 0 radical (unpaired) electrons. The molecule has 1 rings (SSSR count). The number of aromatic nitrogens is 1. The molecule has 0 amide bonds. The molecule has 0 spiro atoms. The van der Waals surface area contributed by atoms with Crippen molar-refractivity contribution in [1.29, 1.82) is 0 Å². The molecule has 1 aromatic rings. The first-order valence-electron chi connectivity index (χ1n) is 4.44. The van der Waals surface area contributed by atoms with E-state index in [1.165, 1.54) is 0 Å². The number of halogens is 2. The molecule has 0 aliphatic carbocycles. The van der Waals surface area contributed by atoms with Gasteiger partial charge in [-0.05, 0) is 28.9 Å². The summed E-state index contributed by atoms with van der Waals surface area (Å²) in [6, 6.07) is 3.89. The van der Waals surface area contributed by atoms with Crippen molar-refractivity contribution in [2.24, 2.45) is 0 Å². The van der Waals surface area contributed by atoms with Crippen LogP contribution in [0.5, 0.6) is 0 Å². The van der Waals surface area contributed by atoms with Crippen molar-refractivity contribution in [2.45, 2.75) is 20.4 Å². The molecule has 1 heterocycles. The van der Waals surface area contributed by atoms with Crippen molar-refractivity contribution in [3.63, 3.8) is 0 Å². The van der Waals surface area contributed by atoms with E-state index in [0.29, 0.717) is 6.61 Å². The van der Waals surface area contributed by atoms with Gasteiger partial charge in [-0.25, -0.2) is 4.79 Å². The zero-order chi connectivity index (χ0) is 10.6. The Kier molecular flexibility index (Phi) is 6.76. The van der Waals surface area contributed by atoms with Gasteiger partial charge in [0.25, 0.3) is 0 Å². The van der Waals surface area contributed by atoms with Gasteiger partial charge < -0.3 is 21.7 Å². The Labute approximate surface area is 108 Å². The van der Waals surface area contributed by atoms with E-state index >= 15 is 0 Å². The second-order valence-electron chi connectivity index (χ2n) is 2.92. The summed E-state index contributed by atoms with van der Waals surface area (Å²) >= 11 is 3.35. The second kappa shape index (κ2) is 6.95. The SMILES string of the molecule is CCOC(=O)C[n+]1cc(Br)ccc1C.[Br-]. The molecule has 15 heavy (non-hydrogen) atoms. The van der Waals surface area contributed by atoms with Gasteiger partial charge in [0.15, 0.2) is 11.9 Å². The summed E-state index contributed by atoms with van der Waals surface area (Å²) in [5, 5.41) is 0. The van der Waals surface area contributed by atoms with Crippen LogP contribution in [-0.2, 0) is 16.1 Å². The highest BCUT2D eigenvalue weighted by Gasteiger charge is 2.13. The molecule has 1 aromatic heterocycles. The molecule has 3 nitrogen and oxygen atoms in total. The maximum atomic E-state index is 11.2. The molecule has 0 aromatic carbocycles. The van der Waals surface area contributed by atoms with E-state index in [-0.39, 0.29) is 29.5 Å². The molecule has 0 unspecified atom stereocenters. The maximum absolute atomic E-state index is 11.2.